The van der Waals surface area contributed by atoms with E-state index in [1.54, 1.807) is 0 Å². The molecule has 0 amide bonds. The Morgan fingerprint density at radius 1 is 0.298 bits per heavy atom. The van der Waals surface area contributed by atoms with Gasteiger partial charge in [-0.25, -0.2) is 19.9 Å². The van der Waals surface area contributed by atoms with Gasteiger partial charge < -0.3 is 0 Å². The van der Waals surface area contributed by atoms with Crippen LogP contribution in [-0.4, -0.2) is 19.9 Å². The number of thiophene rings is 1. The maximum absolute atomic E-state index is 5.15. The van der Waals surface area contributed by atoms with E-state index in [4.69, 9.17) is 19.9 Å². The lowest BCUT2D eigenvalue weighted by molar-refractivity contribution is 1.07. The minimum absolute atomic E-state index is 0.628. The van der Waals surface area contributed by atoms with Gasteiger partial charge in [-0.1, -0.05) is 182 Å². The minimum Gasteiger partial charge on any atom is -0.247 e. The summed E-state index contributed by atoms with van der Waals surface area (Å²) in [7, 11) is 0. The third-order valence-electron chi connectivity index (χ3n) is 10.8. The molecule has 0 aliphatic rings. The van der Waals surface area contributed by atoms with Gasteiger partial charge in [-0.15, -0.1) is 11.3 Å². The molecular formula is C52H32N4S. The molecule has 0 fully saturated rings. The molecule has 3 heterocycles. The van der Waals surface area contributed by atoms with Gasteiger partial charge in [0.1, 0.15) is 0 Å². The summed E-state index contributed by atoms with van der Waals surface area (Å²) in [6.45, 7) is 0. The first kappa shape index (κ1) is 33.0. The third kappa shape index (κ3) is 5.84. The van der Waals surface area contributed by atoms with Crippen molar-refractivity contribution in [2.75, 3.05) is 0 Å². The summed E-state index contributed by atoms with van der Waals surface area (Å²) in [4.78, 5) is 20.3. The Hall–Kier alpha value is -7.34. The van der Waals surface area contributed by atoms with Crippen LogP contribution in [0.4, 0.5) is 0 Å². The van der Waals surface area contributed by atoms with Gasteiger partial charge in [0.25, 0.3) is 0 Å². The molecule has 8 aromatic carbocycles. The Morgan fingerprint density at radius 3 is 1.44 bits per heavy atom. The van der Waals surface area contributed by atoms with Crippen molar-refractivity contribution in [2.24, 2.45) is 0 Å². The molecule has 11 rings (SSSR count). The number of para-hydroxylation sites is 1. The van der Waals surface area contributed by atoms with E-state index in [-0.39, 0.29) is 0 Å². The first-order chi connectivity index (χ1) is 28.2. The zero-order chi connectivity index (χ0) is 37.7. The molecule has 3 aromatic heterocycles. The highest BCUT2D eigenvalue weighted by Gasteiger charge is 2.17. The zero-order valence-electron chi connectivity index (χ0n) is 30.7. The largest absolute Gasteiger partial charge is 0.247 e. The molecule has 5 heteroatoms. The van der Waals surface area contributed by atoms with Gasteiger partial charge in [-0.2, -0.15) is 0 Å². The number of rotatable bonds is 6. The molecule has 0 radical (unpaired) electrons. The van der Waals surface area contributed by atoms with Crippen LogP contribution in [0.25, 0.3) is 110 Å². The van der Waals surface area contributed by atoms with Crippen LogP contribution in [0.3, 0.4) is 0 Å². The summed E-state index contributed by atoms with van der Waals surface area (Å²) in [5.41, 5.74) is 10.5. The normalized spacial score (nSPS) is 11.5. The van der Waals surface area contributed by atoms with E-state index in [9.17, 15) is 0 Å². The van der Waals surface area contributed by atoms with Crippen molar-refractivity contribution in [3.63, 3.8) is 0 Å². The number of fused-ring (bicyclic) bond motifs is 6. The molecule has 0 saturated carbocycles. The maximum Gasteiger partial charge on any atom is 0.164 e. The summed E-state index contributed by atoms with van der Waals surface area (Å²) in [5.74, 6) is 1.90. The summed E-state index contributed by atoms with van der Waals surface area (Å²) in [6, 6.07) is 68.0. The number of hydrogen-bond acceptors (Lipinski definition) is 5. The lowest BCUT2D eigenvalue weighted by atomic mass is 9.92. The van der Waals surface area contributed by atoms with Crippen LogP contribution in [0.15, 0.2) is 194 Å². The Bertz CT molecular complexity index is 3270. The summed E-state index contributed by atoms with van der Waals surface area (Å²) >= 11 is 1.85. The van der Waals surface area contributed by atoms with Crippen LogP contribution in [0.2, 0.25) is 0 Å². The Kier molecular flexibility index (Phi) is 7.97. The fourth-order valence-corrected chi connectivity index (χ4v) is 9.22. The predicted molar refractivity (Wildman–Crippen MR) is 238 cm³/mol. The predicted octanol–water partition coefficient (Wildman–Crippen LogP) is 13.9. The smallest absolute Gasteiger partial charge is 0.164 e. The van der Waals surface area contributed by atoms with E-state index in [0.717, 1.165) is 60.9 Å². The fourth-order valence-electron chi connectivity index (χ4n) is 7.98. The van der Waals surface area contributed by atoms with Crippen LogP contribution in [0, 0.1) is 0 Å². The molecule has 0 saturated heterocycles. The molecule has 266 valence electrons. The van der Waals surface area contributed by atoms with Gasteiger partial charge >= 0.3 is 0 Å². The van der Waals surface area contributed by atoms with Crippen LogP contribution in [0.5, 0.6) is 0 Å². The molecule has 0 aliphatic carbocycles. The lowest BCUT2D eigenvalue weighted by Gasteiger charge is -2.14. The van der Waals surface area contributed by atoms with Crippen LogP contribution >= 0.6 is 11.3 Å². The second kappa shape index (κ2) is 13.7. The molecule has 0 atom stereocenters. The summed E-state index contributed by atoms with van der Waals surface area (Å²) < 4.78 is 2.60. The van der Waals surface area contributed by atoms with Gasteiger partial charge in [0.05, 0.1) is 11.2 Å². The average Bonchev–Trinajstić information content (AvgIpc) is 3.68. The SMILES string of the molecule is c1ccc(-c2nc(-c3ccc(-c4cccc5c4sc4ccccc45)cc3)nc(-c3ccc(-c4cccc5c(-c6ccccc6)nc6ccccc6c45)cc3)n2)cc1. The first-order valence-corrected chi connectivity index (χ1v) is 19.9. The quantitative estimate of drug-likeness (QED) is 0.159. The number of pyridine rings is 1. The first-order valence-electron chi connectivity index (χ1n) is 19.1. The number of nitrogens with zero attached hydrogens (tertiary/aromatic N) is 4. The van der Waals surface area contributed by atoms with Crippen molar-refractivity contribution < 1.29 is 0 Å². The zero-order valence-corrected chi connectivity index (χ0v) is 31.5. The van der Waals surface area contributed by atoms with Crippen molar-refractivity contribution in [1.29, 1.82) is 0 Å². The van der Waals surface area contributed by atoms with Gasteiger partial charge in [-0.05, 0) is 34.4 Å². The van der Waals surface area contributed by atoms with Crippen molar-refractivity contribution in [1.82, 2.24) is 19.9 Å². The Morgan fingerprint density at radius 2 is 0.772 bits per heavy atom. The highest BCUT2D eigenvalue weighted by molar-refractivity contribution is 7.26. The Labute approximate surface area is 333 Å². The molecule has 4 nitrogen and oxygen atoms in total. The molecule has 0 bridgehead atoms. The van der Waals surface area contributed by atoms with Crippen molar-refractivity contribution in [3.8, 4) is 67.7 Å². The van der Waals surface area contributed by atoms with E-state index in [1.165, 1.54) is 31.1 Å². The maximum atomic E-state index is 5.15. The highest BCUT2D eigenvalue weighted by Crippen LogP contribution is 2.41. The van der Waals surface area contributed by atoms with Gasteiger partial charge in [0, 0.05) is 58.6 Å². The van der Waals surface area contributed by atoms with E-state index >= 15 is 0 Å². The second-order valence-electron chi connectivity index (χ2n) is 14.2. The molecule has 0 unspecified atom stereocenters. The van der Waals surface area contributed by atoms with Gasteiger partial charge in [0.15, 0.2) is 17.5 Å². The standard InChI is InChI=1S/C52H32N4S/c1-3-13-35(14-4-1)48-44-22-11-19-39(47(44)43-18-7-9-23-45(43)53-48)33-25-29-37(30-26-33)51-54-50(36-15-5-2-6-16-36)55-52(56-51)38-31-27-34(28-32-38)40-20-12-21-42-41-17-8-10-24-46(41)57-49(40)42/h1-32H. The average molecular weight is 745 g/mol. The molecule has 11 aromatic rings. The molecule has 57 heavy (non-hydrogen) atoms. The highest BCUT2D eigenvalue weighted by atomic mass is 32.1. The van der Waals surface area contributed by atoms with Gasteiger partial charge in [-0.3, -0.25) is 0 Å². The fraction of sp³-hybridized carbons (Fsp3) is 0. The van der Waals surface area contributed by atoms with Crippen molar-refractivity contribution >= 4 is 53.2 Å². The summed E-state index contributed by atoms with van der Waals surface area (Å²) in [5, 5.41) is 6.04. The molecule has 0 aliphatic heterocycles. The topological polar surface area (TPSA) is 51.6 Å². The van der Waals surface area contributed by atoms with Crippen LogP contribution in [-0.2, 0) is 0 Å². The number of aromatic nitrogens is 4. The second-order valence-corrected chi connectivity index (χ2v) is 15.2. The molecular weight excluding hydrogens is 713 g/mol. The molecule has 0 N–H and O–H groups in total. The lowest BCUT2D eigenvalue weighted by Crippen LogP contribution is -2.00. The Balaban J connectivity index is 0.998. The minimum atomic E-state index is 0.628. The van der Waals surface area contributed by atoms with Crippen LogP contribution < -0.4 is 0 Å². The third-order valence-corrected chi connectivity index (χ3v) is 12.0. The van der Waals surface area contributed by atoms with E-state index in [0.29, 0.717) is 17.5 Å². The van der Waals surface area contributed by atoms with Crippen molar-refractivity contribution in [3.05, 3.63) is 194 Å². The summed E-state index contributed by atoms with van der Waals surface area (Å²) in [6.07, 6.45) is 0. The van der Waals surface area contributed by atoms with E-state index in [1.807, 2.05) is 47.7 Å². The van der Waals surface area contributed by atoms with Crippen molar-refractivity contribution in [2.45, 2.75) is 0 Å². The number of hydrogen-bond donors (Lipinski definition) is 0. The van der Waals surface area contributed by atoms with Gasteiger partial charge in [0.2, 0.25) is 0 Å². The van der Waals surface area contributed by atoms with E-state index in [2.05, 4.69) is 158 Å². The number of benzene rings is 8. The molecule has 0 spiro atoms. The monoisotopic (exact) mass is 744 g/mol. The van der Waals surface area contributed by atoms with E-state index < -0.39 is 0 Å². The van der Waals surface area contributed by atoms with Crippen LogP contribution in [0.1, 0.15) is 0 Å².